The Morgan fingerprint density at radius 2 is 2.08 bits per heavy atom. The minimum absolute atomic E-state index is 0.0848. The van der Waals surface area contributed by atoms with Gasteiger partial charge in [-0.3, -0.25) is 14.5 Å². The second-order valence-corrected chi connectivity index (χ2v) is 7.45. The summed E-state index contributed by atoms with van der Waals surface area (Å²) in [6.45, 7) is 6.85. The zero-order valence-corrected chi connectivity index (χ0v) is 16.0. The molecule has 0 saturated carbocycles. The largest absolute Gasteiger partial charge is 0.496 e. The maximum atomic E-state index is 12.7. The normalized spacial score (nSPS) is 20.4. The zero-order valence-electron chi connectivity index (χ0n) is 16.0. The molecule has 144 valence electrons. The van der Waals surface area contributed by atoms with E-state index in [0.717, 1.165) is 13.0 Å². The maximum Gasteiger partial charge on any atom is 0.241 e. The molecule has 1 aliphatic heterocycles. The lowest BCUT2D eigenvalue weighted by Crippen LogP contribution is -2.41. The molecule has 0 aliphatic carbocycles. The van der Waals surface area contributed by atoms with Crippen LogP contribution in [0.25, 0.3) is 0 Å². The summed E-state index contributed by atoms with van der Waals surface area (Å²) in [6, 6.07) is 5.22. The monoisotopic (exact) mass is 362 g/mol. The van der Waals surface area contributed by atoms with Crippen LogP contribution in [0.4, 0.5) is 5.69 Å². The van der Waals surface area contributed by atoms with Crippen molar-refractivity contribution in [1.29, 1.82) is 0 Å². The summed E-state index contributed by atoms with van der Waals surface area (Å²) < 4.78 is 5.27. The first-order valence-corrected chi connectivity index (χ1v) is 8.97. The predicted octanol–water partition coefficient (Wildman–Crippen LogP) is 1.37. The van der Waals surface area contributed by atoms with Gasteiger partial charge in [0.05, 0.1) is 24.3 Å². The number of hydrogen-bond donors (Lipinski definition) is 3. The lowest BCUT2D eigenvalue weighted by Gasteiger charge is -2.21. The molecule has 1 aromatic rings. The summed E-state index contributed by atoms with van der Waals surface area (Å²) in [5.74, 6) is 0.105. The van der Waals surface area contributed by atoms with Crippen molar-refractivity contribution in [3.05, 3.63) is 23.8 Å². The van der Waals surface area contributed by atoms with Gasteiger partial charge >= 0.3 is 0 Å². The van der Waals surface area contributed by atoms with Crippen molar-refractivity contribution in [2.45, 2.75) is 51.2 Å². The molecular weight excluding hydrogens is 332 g/mol. The molecule has 1 fully saturated rings. The average molecular weight is 362 g/mol. The van der Waals surface area contributed by atoms with Crippen LogP contribution in [-0.4, -0.2) is 54.4 Å². The summed E-state index contributed by atoms with van der Waals surface area (Å²) in [7, 11) is 1.50. The molecule has 1 saturated heterocycles. The average Bonchev–Trinajstić information content (AvgIpc) is 3.30. The number of methoxy groups -OCH3 is 1. The number of hydrogen-bond acceptors (Lipinski definition) is 6. The van der Waals surface area contributed by atoms with Gasteiger partial charge in [-0.15, -0.1) is 0 Å². The Bertz CT molecular complexity index is 669. The fourth-order valence-corrected chi connectivity index (χ4v) is 2.99. The lowest BCUT2D eigenvalue weighted by molar-refractivity contribution is -0.119. The van der Waals surface area contributed by atoms with Gasteiger partial charge in [-0.1, -0.05) is 0 Å². The van der Waals surface area contributed by atoms with E-state index in [4.69, 9.17) is 16.2 Å². The van der Waals surface area contributed by atoms with E-state index < -0.39 is 5.54 Å². The SMILES string of the molecule is COc1ccc(NC(=O)[C@H](CCCN)N2CC2C)cc1C(=O)C(C)(C)N. The number of rotatable bonds is 9. The van der Waals surface area contributed by atoms with E-state index in [1.807, 2.05) is 0 Å². The molecule has 5 N–H and O–H groups in total. The quantitative estimate of drug-likeness (QED) is 0.452. The van der Waals surface area contributed by atoms with Crippen LogP contribution in [0.2, 0.25) is 0 Å². The fourth-order valence-electron chi connectivity index (χ4n) is 2.99. The molecule has 0 aromatic heterocycles. The molecule has 1 amide bonds. The van der Waals surface area contributed by atoms with Crippen LogP contribution >= 0.6 is 0 Å². The van der Waals surface area contributed by atoms with Gasteiger partial charge in [0.25, 0.3) is 0 Å². The Morgan fingerprint density at radius 1 is 1.42 bits per heavy atom. The standard InChI is InChI=1S/C19H30N4O3/c1-12-11-23(12)15(6-5-9-20)18(25)22-13-7-8-16(26-4)14(10-13)17(24)19(2,3)21/h7-8,10,12,15H,5-6,9,11,20-21H2,1-4H3,(H,22,25)/t12?,15-,23?/m0/s1. The highest BCUT2D eigenvalue weighted by molar-refractivity contribution is 6.06. The molecule has 7 nitrogen and oxygen atoms in total. The molecule has 0 spiro atoms. The first-order valence-electron chi connectivity index (χ1n) is 8.97. The molecule has 2 rings (SSSR count). The van der Waals surface area contributed by atoms with E-state index in [1.165, 1.54) is 7.11 Å². The highest BCUT2D eigenvalue weighted by Gasteiger charge is 2.39. The van der Waals surface area contributed by atoms with Crippen molar-refractivity contribution in [3.8, 4) is 5.75 Å². The lowest BCUT2D eigenvalue weighted by atomic mass is 9.93. The van der Waals surface area contributed by atoms with Crippen molar-refractivity contribution in [2.24, 2.45) is 11.5 Å². The van der Waals surface area contributed by atoms with E-state index in [2.05, 4.69) is 17.1 Å². The number of carbonyl (C=O) groups excluding carboxylic acids is 2. The van der Waals surface area contributed by atoms with Gasteiger partial charge in [-0.2, -0.15) is 0 Å². The van der Waals surface area contributed by atoms with Crippen LogP contribution in [0, 0.1) is 0 Å². The van der Waals surface area contributed by atoms with Gasteiger partial charge in [0, 0.05) is 18.3 Å². The van der Waals surface area contributed by atoms with Crippen LogP contribution in [0.5, 0.6) is 5.75 Å². The second kappa shape index (κ2) is 8.16. The number of ketones is 1. The minimum Gasteiger partial charge on any atom is -0.496 e. The second-order valence-electron chi connectivity index (χ2n) is 7.45. The Hall–Kier alpha value is -1.96. The molecule has 0 bridgehead atoms. The number of nitrogens with zero attached hydrogens (tertiary/aromatic N) is 1. The molecule has 2 unspecified atom stereocenters. The molecular formula is C19H30N4O3. The van der Waals surface area contributed by atoms with E-state index in [-0.39, 0.29) is 17.7 Å². The number of nitrogens with one attached hydrogen (secondary N) is 1. The van der Waals surface area contributed by atoms with Gasteiger partial charge in [-0.25, -0.2) is 0 Å². The summed E-state index contributed by atoms with van der Waals surface area (Å²) >= 11 is 0. The van der Waals surface area contributed by atoms with Crippen molar-refractivity contribution in [1.82, 2.24) is 4.90 Å². The van der Waals surface area contributed by atoms with E-state index >= 15 is 0 Å². The van der Waals surface area contributed by atoms with Crippen LogP contribution in [0.1, 0.15) is 44.0 Å². The van der Waals surface area contributed by atoms with E-state index in [0.29, 0.717) is 36.0 Å². The number of nitrogens with two attached hydrogens (primary N) is 2. The third kappa shape index (κ3) is 4.81. The maximum absolute atomic E-state index is 12.7. The van der Waals surface area contributed by atoms with Crippen molar-refractivity contribution in [2.75, 3.05) is 25.5 Å². The smallest absolute Gasteiger partial charge is 0.241 e. The van der Waals surface area contributed by atoms with E-state index in [1.54, 1.807) is 32.0 Å². The van der Waals surface area contributed by atoms with Gasteiger partial charge in [0.15, 0.2) is 5.78 Å². The Balaban J connectivity index is 2.20. The van der Waals surface area contributed by atoms with Gasteiger partial charge in [0.1, 0.15) is 5.75 Å². The molecule has 26 heavy (non-hydrogen) atoms. The Labute approximate surface area is 155 Å². The number of amides is 1. The van der Waals surface area contributed by atoms with Crippen molar-refractivity contribution >= 4 is 17.4 Å². The van der Waals surface area contributed by atoms with Crippen LogP contribution in [0.3, 0.4) is 0 Å². The van der Waals surface area contributed by atoms with Crippen molar-refractivity contribution < 1.29 is 14.3 Å². The Morgan fingerprint density at radius 3 is 2.58 bits per heavy atom. The molecule has 1 aromatic carbocycles. The highest BCUT2D eigenvalue weighted by atomic mass is 16.5. The van der Waals surface area contributed by atoms with Crippen LogP contribution in [0.15, 0.2) is 18.2 Å². The molecule has 7 heteroatoms. The molecule has 1 heterocycles. The summed E-state index contributed by atoms with van der Waals surface area (Å²) in [4.78, 5) is 27.5. The molecule has 0 radical (unpaired) electrons. The van der Waals surface area contributed by atoms with Gasteiger partial charge in [0.2, 0.25) is 5.91 Å². The number of anilines is 1. The number of benzene rings is 1. The first-order chi connectivity index (χ1) is 12.2. The van der Waals surface area contributed by atoms with Gasteiger partial charge in [-0.05, 0) is 58.4 Å². The third-order valence-electron chi connectivity index (χ3n) is 4.59. The number of carbonyl (C=O) groups is 2. The zero-order chi connectivity index (χ0) is 19.5. The summed E-state index contributed by atoms with van der Waals surface area (Å²) in [6.07, 6.45) is 1.50. The Kier molecular flexibility index (Phi) is 6.39. The number of Topliss-reactive ketones (excluding diaryl/α,β-unsaturated/α-hetero) is 1. The van der Waals surface area contributed by atoms with Crippen LogP contribution < -0.4 is 21.5 Å². The predicted molar refractivity (Wildman–Crippen MR) is 102 cm³/mol. The number of ether oxygens (including phenoxy) is 1. The first kappa shape index (κ1) is 20.4. The van der Waals surface area contributed by atoms with Crippen molar-refractivity contribution in [3.63, 3.8) is 0 Å². The topological polar surface area (TPSA) is 110 Å². The summed E-state index contributed by atoms with van der Waals surface area (Å²) in [5, 5.41) is 2.92. The molecule has 1 aliphatic rings. The van der Waals surface area contributed by atoms with E-state index in [9.17, 15) is 9.59 Å². The van der Waals surface area contributed by atoms with Crippen LogP contribution in [-0.2, 0) is 4.79 Å². The third-order valence-corrected chi connectivity index (χ3v) is 4.59. The highest BCUT2D eigenvalue weighted by Crippen LogP contribution is 2.28. The molecule has 3 atom stereocenters. The fraction of sp³-hybridized carbons (Fsp3) is 0.579. The van der Waals surface area contributed by atoms with Gasteiger partial charge < -0.3 is 21.5 Å². The summed E-state index contributed by atoms with van der Waals surface area (Å²) in [5.41, 5.74) is 11.4. The minimum atomic E-state index is -1.03.